The van der Waals surface area contributed by atoms with Gasteiger partial charge >= 0.3 is 59.1 Å². The number of carboxylic acids is 2. The summed E-state index contributed by atoms with van der Waals surface area (Å²) in [7, 11) is 0. The van der Waals surface area contributed by atoms with Crippen molar-refractivity contribution in [2.24, 2.45) is 0 Å². The van der Waals surface area contributed by atoms with Gasteiger partial charge in [0.2, 0.25) is 0 Å². The summed E-state index contributed by atoms with van der Waals surface area (Å²) in [5, 5.41) is 21.6. The Kier molecular flexibility index (Phi) is 18.1. The summed E-state index contributed by atoms with van der Waals surface area (Å²) in [5.74, 6) is -3.16. The van der Waals surface area contributed by atoms with E-state index < -0.39 is 30.4 Å². The number of carboxylic acid groups (broad SMARTS) is 2. The van der Waals surface area contributed by atoms with Gasteiger partial charge in [-0.2, -0.15) is 0 Å². The van der Waals surface area contributed by atoms with Gasteiger partial charge in [-0.1, -0.05) is 58.3 Å². The summed E-state index contributed by atoms with van der Waals surface area (Å²) in [4.78, 5) is 21.6. The first-order valence-corrected chi connectivity index (χ1v) is 8.29. The number of ether oxygens (including phenoxy) is 2. The molecule has 0 N–H and O–H groups in total. The SMILES string of the molecule is CCCCCCCCCCCC1O[C@H](C(=O)[O-])[C@@H](C(=O)[O-])O1.[Na+].[Na+]. The number of hydrogen-bond donors (Lipinski definition) is 0. The Morgan fingerprint density at radius 3 is 1.50 bits per heavy atom. The van der Waals surface area contributed by atoms with Crippen LogP contribution in [-0.2, 0) is 19.1 Å². The monoisotopic (exact) mass is 360 g/mol. The van der Waals surface area contributed by atoms with Gasteiger partial charge in [-0.05, 0) is 12.8 Å². The Balaban J connectivity index is 0. The van der Waals surface area contributed by atoms with Gasteiger partial charge in [0.25, 0.3) is 0 Å². The Labute approximate surface area is 188 Å². The van der Waals surface area contributed by atoms with Crippen LogP contribution in [0.15, 0.2) is 0 Å². The van der Waals surface area contributed by atoms with E-state index >= 15 is 0 Å². The molecule has 0 spiro atoms. The Hall–Kier alpha value is 0.860. The van der Waals surface area contributed by atoms with Crippen LogP contribution in [0.5, 0.6) is 0 Å². The largest absolute Gasteiger partial charge is 1.00 e. The molecular formula is C16H26Na2O6. The number of aliphatic carboxylic acids is 2. The maximum absolute atomic E-state index is 10.8. The van der Waals surface area contributed by atoms with Gasteiger partial charge in [0.15, 0.2) is 6.29 Å². The molecule has 1 aliphatic heterocycles. The molecule has 0 aromatic heterocycles. The van der Waals surface area contributed by atoms with Crippen LogP contribution in [0.4, 0.5) is 0 Å². The summed E-state index contributed by atoms with van der Waals surface area (Å²) in [5.41, 5.74) is 0. The third kappa shape index (κ3) is 10.8. The van der Waals surface area contributed by atoms with Crippen molar-refractivity contribution in [3.8, 4) is 0 Å². The minimum Gasteiger partial charge on any atom is -0.547 e. The fraction of sp³-hybridized carbons (Fsp3) is 0.875. The number of rotatable bonds is 12. The van der Waals surface area contributed by atoms with Crippen molar-refractivity contribution in [2.75, 3.05) is 0 Å². The zero-order valence-electron chi connectivity index (χ0n) is 15.3. The first kappa shape index (κ1) is 27.1. The average Bonchev–Trinajstić information content (AvgIpc) is 2.90. The predicted molar refractivity (Wildman–Crippen MR) is 75.4 cm³/mol. The molecule has 24 heavy (non-hydrogen) atoms. The zero-order valence-corrected chi connectivity index (χ0v) is 19.3. The molecule has 128 valence electrons. The molecule has 0 amide bonds. The quantitative estimate of drug-likeness (QED) is 0.254. The topological polar surface area (TPSA) is 98.7 Å². The van der Waals surface area contributed by atoms with Crippen LogP contribution in [0.3, 0.4) is 0 Å². The van der Waals surface area contributed by atoms with E-state index in [0.29, 0.717) is 6.42 Å². The van der Waals surface area contributed by atoms with E-state index in [4.69, 9.17) is 9.47 Å². The molecule has 0 radical (unpaired) electrons. The number of unbranched alkanes of at least 4 members (excludes halogenated alkanes) is 8. The minimum atomic E-state index is -1.58. The van der Waals surface area contributed by atoms with E-state index in [9.17, 15) is 19.8 Å². The standard InChI is InChI=1S/C16H28O6.2Na/c1-2-3-4-5-6-7-8-9-10-11-12-21-13(15(17)18)14(22-12)16(19)20;;/h12-14H,2-11H2,1H3,(H,17,18)(H,19,20);;/q;2*+1/p-2/t13-,14-;;/m0../s1. The number of carbonyl (C=O) groups is 2. The first-order valence-electron chi connectivity index (χ1n) is 8.29. The maximum atomic E-state index is 10.8. The fourth-order valence-electron chi connectivity index (χ4n) is 2.62. The molecule has 0 saturated carbocycles. The van der Waals surface area contributed by atoms with Gasteiger partial charge in [-0.3, -0.25) is 0 Å². The van der Waals surface area contributed by atoms with Gasteiger partial charge in [0.05, 0.1) is 11.9 Å². The molecular weight excluding hydrogens is 334 g/mol. The van der Waals surface area contributed by atoms with E-state index in [-0.39, 0.29) is 59.1 Å². The average molecular weight is 360 g/mol. The van der Waals surface area contributed by atoms with Crippen LogP contribution in [0.2, 0.25) is 0 Å². The van der Waals surface area contributed by atoms with Crippen LogP contribution < -0.4 is 69.3 Å². The maximum Gasteiger partial charge on any atom is 1.00 e. The van der Waals surface area contributed by atoms with Crippen LogP contribution in [0.25, 0.3) is 0 Å². The third-order valence-electron chi connectivity index (χ3n) is 3.88. The molecule has 0 aromatic carbocycles. The molecule has 1 fully saturated rings. The fourth-order valence-corrected chi connectivity index (χ4v) is 2.62. The minimum absolute atomic E-state index is 0. The molecule has 1 rings (SSSR count). The molecule has 1 saturated heterocycles. The predicted octanol–water partition coefficient (Wildman–Crippen LogP) is -5.47. The van der Waals surface area contributed by atoms with E-state index in [1.54, 1.807) is 0 Å². The van der Waals surface area contributed by atoms with Crippen molar-refractivity contribution in [3.05, 3.63) is 0 Å². The molecule has 1 heterocycles. The van der Waals surface area contributed by atoms with E-state index in [0.717, 1.165) is 19.3 Å². The zero-order chi connectivity index (χ0) is 16.4. The Morgan fingerprint density at radius 2 is 1.12 bits per heavy atom. The van der Waals surface area contributed by atoms with Crippen LogP contribution >= 0.6 is 0 Å². The second kappa shape index (κ2) is 16.1. The van der Waals surface area contributed by atoms with Crippen molar-refractivity contribution >= 4 is 11.9 Å². The van der Waals surface area contributed by atoms with Crippen LogP contribution in [-0.4, -0.2) is 30.4 Å². The van der Waals surface area contributed by atoms with Gasteiger partial charge < -0.3 is 29.3 Å². The molecule has 1 aliphatic rings. The first-order chi connectivity index (χ1) is 10.6. The number of hydrogen-bond acceptors (Lipinski definition) is 6. The summed E-state index contributed by atoms with van der Waals surface area (Å²) in [6.45, 7) is 2.20. The van der Waals surface area contributed by atoms with Gasteiger partial charge in [-0.15, -0.1) is 0 Å². The Bertz CT molecular complexity index is 331. The summed E-state index contributed by atoms with van der Waals surface area (Å²) in [6, 6.07) is 0. The second-order valence-electron chi connectivity index (χ2n) is 5.80. The van der Waals surface area contributed by atoms with Gasteiger partial charge in [-0.25, -0.2) is 0 Å². The van der Waals surface area contributed by atoms with Crippen LogP contribution in [0, 0.1) is 0 Å². The van der Waals surface area contributed by atoms with Crippen LogP contribution in [0.1, 0.15) is 71.1 Å². The second-order valence-corrected chi connectivity index (χ2v) is 5.80. The van der Waals surface area contributed by atoms with Crippen molar-refractivity contribution in [2.45, 2.75) is 89.6 Å². The van der Waals surface area contributed by atoms with Gasteiger partial charge in [0.1, 0.15) is 12.2 Å². The van der Waals surface area contributed by atoms with E-state index in [1.807, 2.05) is 0 Å². The molecule has 8 heteroatoms. The third-order valence-corrected chi connectivity index (χ3v) is 3.88. The smallest absolute Gasteiger partial charge is 0.547 e. The van der Waals surface area contributed by atoms with E-state index in [2.05, 4.69) is 6.92 Å². The molecule has 0 unspecified atom stereocenters. The van der Waals surface area contributed by atoms with Crippen molar-refractivity contribution in [1.82, 2.24) is 0 Å². The molecule has 0 aliphatic carbocycles. The van der Waals surface area contributed by atoms with Crippen molar-refractivity contribution < 1.29 is 88.4 Å². The summed E-state index contributed by atoms with van der Waals surface area (Å²) >= 11 is 0. The van der Waals surface area contributed by atoms with Gasteiger partial charge in [0, 0.05) is 0 Å². The van der Waals surface area contributed by atoms with Crippen molar-refractivity contribution in [3.63, 3.8) is 0 Å². The molecule has 6 nitrogen and oxygen atoms in total. The summed E-state index contributed by atoms with van der Waals surface area (Å²) in [6.07, 6.45) is 7.06. The molecule has 0 bridgehead atoms. The molecule has 2 atom stereocenters. The number of carbonyl (C=O) groups excluding carboxylic acids is 2. The Morgan fingerprint density at radius 1 is 0.750 bits per heavy atom. The van der Waals surface area contributed by atoms with E-state index in [1.165, 1.54) is 38.5 Å². The molecule has 0 aromatic rings. The normalized spacial score (nSPS) is 20.2. The van der Waals surface area contributed by atoms with Crippen molar-refractivity contribution in [1.29, 1.82) is 0 Å². The summed E-state index contributed by atoms with van der Waals surface area (Å²) < 4.78 is 10.1.